The van der Waals surface area contributed by atoms with Crippen LogP contribution in [0.15, 0.2) is 23.6 Å². The van der Waals surface area contributed by atoms with Crippen molar-refractivity contribution in [1.82, 2.24) is 4.98 Å². The molecule has 5 heteroatoms. The monoisotopic (exact) mass is 168 g/mol. The molecular formula is C6H5ClN4. The largest absolute Gasteiger partial charge is 0.264 e. The number of azide groups is 1. The quantitative estimate of drug-likeness (QED) is 0.380. The second-order valence-electron chi connectivity index (χ2n) is 1.86. The van der Waals surface area contributed by atoms with Gasteiger partial charge in [0.05, 0.1) is 6.54 Å². The first-order valence-corrected chi connectivity index (χ1v) is 3.31. The fourth-order valence-corrected chi connectivity index (χ4v) is 0.799. The minimum absolute atomic E-state index is 0.253. The van der Waals surface area contributed by atoms with Crippen molar-refractivity contribution in [1.29, 1.82) is 0 Å². The summed E-state index contributed by atoms with van der Waals surface area (Å²) in [5.41, 5.74) is 8.76. The molecule has 0 spiro atoms. The highest BCUT2D eigenvalue weighted by Gasteiger charge is 1.95. The summed E-state index contributed by atoms with van der Waals surface area (Å²) in [6.45, 7) is 0.253. The Hall–Kier alpha value is -1.25. The molecule has 0 aromatic carbocycles. The van der Waals surface area contributed by atoms with Crippen LogP contribution in [0.25, 0.3) is 10.4 Å². The molecule has 0 atom stereocenters. The number of halogens is 1. The van der Waals surface area contributed by atoms with Gasteiger partial charge in [0.2, 0.25) is 0 Å². The van der Waals surface area contributed by atoms with Crippen LogP contribution in [0.5, 0.6) is 0 Å². The molecule has 1 aromatic heterocycles. The smallest absolute Gasteiger partial charge is 0.0540 e. The van der Waals surface area contributed by atoms with Crippen LogP contribution >= 0.6 is 11.6 Å². The summed E-state index contributed by atoms with van der Waals surface area (Å²) in [5.74, 6) is 0. The van der Waals surface area contributed by atoms with Gasteiger partial charge < -0.3 is 0 Å². The fraction of sp³-hybridized carbons (Fsp3) is 0.167. The molecule has 56 valence electrons. The fourth-order valence-electron chi connectivity index (χ4n) is 0.634. The summed E-state index contributed by atoms with van der Waals surface area (Å²) in [4.78, 5) is 6.44. The van der Waals surface area contributed by atoms with E-state index in [0.29, 0.717) is 5.02 Å². The van der Waals surface area contributed by atoms with Gasteiger partial charge in [0.15, 0.2) is 0 Å². The zero-order chi connectivity index (χ0) is 8.10. The van der Waals surface area contributed by atoms with Gasteiger partial charge >= 0.3 is 0 Å². The van der Waals surface area contributed by atoms with Crippen molar-refractivity contribution in [2.24, 2.45) is 5.11 Å². The Labute approximate surface area is 68.5 Å². The van der Waals surface area contributed by atoms with E-state index in [4.69, 9.17) is 17.1 Å². The summed E-state index contributed by atoms with van der Waals surface area (Å²) in [5, 5.41) is 3.94. The van der Waals surface area contributed by atoms with Crippen molar-refractivity contribution in [3.63, 3.8) is 0 Å². The average Bonchev–Trinajstić information content (AvgIpc) is 2.03. The maximum absolute atomic E-state index is 8.01. The second-order valence-corrected chi connectivity index (χ2v) is 2.26. The van der Waals surface area contributed by atoms with Gasteiger partial charge in [-0.3, -0.25) is 4.98 Å². The number of pyridine rings is 1. The van der Waals surface area contributed by atoms with Gasteiger partial charge in [-0.15, -0.1) is 0 Å². The molecular weight excluding hydrogens is 164 g/mol. The highest BCUT2D eigenvalue weighted by atomic mass is 35.5. The Bertz CT molecular complexity index is 292. The van der Waals surface area contributed by atoms with Gasteiger partial charge in [-0.1, -0.05) is 16.7 Å². The number of rotatable bonds is 2. The first-order chi connectivity index (χ1) is 5.34. The van der Waals surface area contributed by atoms with Crippen molar-refractivity contribution >= 4 is 11.6 Å². The molecule has 0 bridgehead atoms. The van der Waals surface area contributed by atoms with E-state index >= 15 is 0 Å². The van der Waals surface area contributed by atoms with Crippen molar-refractivity contribution in [2.45, 2.75) is 6.54 Å². The standard InChI is InChI=1S/C6H5ClN4/c7-6-1-2-9-3-5(6)4-10-11-8/h1-3H,4H2. The van der Waals surface area contributed by atoms with Gasteiger partial charge in [0.25, 0.3) is 0 Å². The molecule has 0 saturated heterocycles. The minimum Gasteiger partial charge on any atom is -0.264 e. The van der Waals surface area contributed by atoms with E-state index in [1.54, 1.807) is 18.5 Å². The van der Waals surface area contributed by atoms with Crippen LogP contribution in [0.1, 0.15) is 5.56 Å². The van der Waals surface area contributed by atoms with Crippen LogP contribution in [0.3, 0.4) is 0 Å². The van der Waals surface area contributed by atoms with E-state index in [1.165, 1.54) is 0 Å². The molecule has 0 aliphatic rings. The molecule has 11 heavy (non-hydrogen) atoms. The minimum atomic E-state index is 0.253. The lowest BCUT2D eigenvalue weighted by atomic mass is 10.3. The Morgan fingerprint density at radius 3 is 3.18 bits per heavy atom. The van der Waals surface area contributed by atoms with Gasteiger partial charge in [-0.05, 0) is 17.2 Å². The van der Waals surface area contributed by atoms with Gasteiger partial charge in [0.1, 0.15) is 0 Å². The molecule has 4 nitrogen and oxygen atoms in total. The highest BCUT2D eigenvalue weighted by Crippen LogP contribution is 2.13. The van der Waals surface area contributed by atoms with Gasteiger partial charge in [-0.25, -0.2) is 0 Å². The molecule has 0 fully saturated rings. The normalized spacial score (nSPS) is 8.82. The van der Waals surface area contributed by atoms with Crippen LogP contribution < -0.4 is 0 Å². The predicted octanol–water partition coefficient (Wildman–Crippen LogP) is 2.55. The van der Waals surface area contributed by atoms with E-state index in [-0.39, 0.29) is 6.54 Å². The Morgan fingerprint density at radius 2 is 2.55 bits per heavy atom. The SMILES string of the molecule is [N-]=[N+]=NCc1cnccc1Cl. The Morgan fingerprint density at radius 1 is 1.73 bits per heavy atom. The lowest BCUT2D eigenvalue weighted by Crippen LogP contribution is -1.82. The van der Waals surface area contributed by atoms with E-state index in [0.717, 1.165) is 5.56 Å². The Kier molecular flexibility index (Phi) is 2.72. The van der Waals surface area contributed by atoms with Crippen LogP contribution in [0.2, 0.25) is 5.02 Å². The van der Waals surface area contributed by atoms with Crippen molar-refractivity contribution in [3.05, 3.63) is 39.5 Å². The summed E-state index contributed by atoms with van der Waals surface area (Å²) in [7, 11) is 0. The topological polar surface area (TPSA) is 61.7 Å². The zero-order valence-electron chi connectivity index (χ0n) is 5.61. The summed E-state index contributed by atoms with van der Waals surface area (Å²) in [6, 6.07) is 1.66. The summed E-state index contributed by atoms with van der Waals surface area (Å²) >= 11 is 5.74. The lowest BCUT2D eigenvalue weighted by Gasteiger charge is -1.95. The third kappa shape index (κ3) is 2.11. The van der Waals surface area contributed by atoms with E-state index < -0.39 is 0 Å². The molecule has 1 rings (SSSR count). The number of hydrogen-bond acceptors (Lipinski definition) is 2. The van der Waals surface area contributed by atoms with Crippen LogP contribution in [0, 0.1) is 0 Å². The van der Waals surface area contributed by atoms with Crippen LogP contribution in [-0.4, -0.2) is 4.98 Å². The van der Waals surface area contributed by atoms with Crippen molar-refractivity contribution in [3.8, 4) is 0 Å². The van der Waals surface area contributed by atoms with Gasteiger partial charge in [-0.2, -0.15) is 0 Å². The average molecular weight is 169 g/mol. The highest BCUT2D eigenvalue weighted by molar-refractivity contribution is 6.31. The Balaban J connectivity index is 2.85. The van der Waals surface area contributed by atoms with E-state index in [9.17, 15) is 0 Å². The second kappa shape index (κ2) is 3.81. The maximum Gasteiger partial charge on any atom is 0.0540 e. The molecule has 0 aliphatic carbocycles. The van der Waals surface area contributed by atoms with Crippen molar-refractivity contribution in [2.75, 3.05) is 0 Å². The maximum atomic E-state index is 8.01. The molecule has 0 N–H and O–H groups in total. The third-order valence-electron chi connectivity index (χ3n) is 1.15. The van der Waals surface area contributed by atoms with E-state index in [2.05, 4.69) is 15.0 Å². The first kappa shape index (κ1) is 7.85. The molecule has 0 saturated carbocycles. The number of aromatic nitrogens is 1. The zero-order valence-corrected chi connectivity index (χ0v) is 6.36. The van der Waals surface area contributed by atoms with Crippen LogP contribution in [0.4, 0.5) is 0 Å². The molecule has 0 radical (unpaired) electrons. The number of hydrogen-bond donors (Lipinski definition) is 0. The molecule has 0 unspecified atom stereocenters. The summed E-state index contributed by atoms with van der Waals surface area (Å²) in [6.07, 6.45) is 3.17. The molecule has 1 heterocycles. The molecule has 1 aromatic rings. The van der Waals surface area contributed by atoms with Gasteiger partial charge in [0, 0.05) is 22.3 Å². The lowest BCUT2D eigenvalue weighted by molar-refractivity contribution is 1.03. The summed E-state index contributed by atoms with van der Waals surface area (Å²) < 4.78 is 0. The van der Waals surface area contributed by atoms with Crippen molar-refractivity contribution < 1.29 is 0 Å². The number of nitrogens with zero attached hydrogens (tertiary/aromatic N) is 4. The molecule has 0 aliphatic heterocycles. The van der Waals surface area contributed by atoms with Crippen LogP contribution in [-0.2, 0) is 6.54 Å². The third-order valence-corrected chi connectivity index (χ3v) is 1.52. The first-order valence-electron chi connectivity index (χ1n) is 2.94. The predicted molar refractivity (Wildman–Crippen MR) is 42.1 cm³/mol. The van der Waals surface area contributed by atoms with E-state index in [1.807, 2.05) is 0 Å². The molecule has 0 amide bonds.